The monoisotopic (exact) mass is 434 g/mol. The first kappa shape index (κ1) is 21.2. The first-order valence-corrected chi connectivity index (χ1v) is 11.5. The number of nitrogens with zero attached hydrogens (tertiary/aromatic N) is 3. The average Bonchev–Trinajstić information content (AvgIpc) is 3.16. The van der Waals surface area contributed by atoms with E-state index in [1.54, 1.807) is 18.8 Å². The van der Waals surface area contributed by atoms with Gasteiger partial charge < -0.3 is 4.57 Å². The molecule has 0 aliphatic rings. The molecule has 0 bridgehead atoms. The minimum atomic E-state index is -0.438. The summed E-state index contributed by atoms with van der Waals surface area (Å²) in [5, 5.41) is 0.794. The van der Waals surface area contributed by atoms with Crippen molar-refractivity contribution in [3.63, 3.8) is 0 Å². The first-order valence-electron chi connectivity index (χ1n) is 10.5. The number of aromatic nitrogens is 4. The molecule has 160 valence electrons. The van der Waals surface area contributed by atoms with Crippen LogP contribution >= 0.6 is 11.8 Å². The number of nitrogens with one attached hydrogen (secondary N) is 1. The summed E-state index contributed by atoms with van der Waals surface area (Å²) >= 11 is 1.65. The molecule has 7 heteroatoms. The Balaban J connectivity index is 1.53. The molecule has 6 nitrogen and oxygen atoms in total. The van der Waals surface area contributed by atoms with Crippen LogP contribution in [0.15, 0.2) is 75.4 Å². The molecule has 4 aromatic rings. The van der Waals surface area contributed by atoms with E-state index in [2.05, 4.69) is 46.4 Å². The Labute approximate surface area is 185 Å². The van der Waals surface area contributed by atoms with Crippen molar-refractivity contribution >= 4 is 22.9 Å². The Morgan fingerprint density at radius 2 is 1.52 bits per heavy atom. The van der Waals surface area contributed by atoms with Gasteiger partial charge in [0.15, 0.2) is 16.3 Å². The van der Waals surface area contributed by atoms with Crippen LogP contribution in [0.1, 0.15) is 24.0 Å². The molecule has 0 amide bonds. The van der Waals surface area contributed by atoms with E-state index in [-0.39, 0.29) is 5.56 Å². The van der Waals surface area contributed by atoms with Gasteiger partial charge in [-0.2, -0.15) is 0 Å². The number of imidazole rings is 1. The summed E-state index contributed by atoms with van der Waals surface area (Å²) in [4.78, 5) is 31.7. The average molecular weight is 435 g/mol. The first-order chi connectivity index (χ1) is 15.1. The maximum absolute atomic E-state index is 12.6. The molecular weight excluding hydrogens is 408 g/mol. The van der Waals surface area contributed by atoms with Crippen LogP contribution in [0.2, 0.25) is 0 Å². The van der Waals surface area contributed by atoms with Crippen LogP contribution in [-0.2, 0) is 26.4 Å². The van der Waals surface area contributed by atoms with Gasteiger partial charge >= 0.3 is 5.69 Å². The Hall–Kier alpha value is -3.06. The smallest absolute Gasteiger partial charge is 0.313 e. The van der Waals surface area contributed by atoms with Crippen molar-refractivity contribution in [1.82, 2.24) is 19.1 Å². The van der Waals surface area contributed by atoms with Crippen LogP contribution < -0.4 is 11.2 Å². The second-order valence-corrected chi connectivity index (χ2v) is 8.63. The standard InChI is InChI=1S/C24H26N4O2S/c1-27-21-20(22(29)26-23(27)30)28(16-8-14-18-10-4-2-5-11-18)24(25-21)31-17-9-15-19-12-6-3-7-13-19/h2-7,10-13H,8-9,14-17H2,1H3,(H,26,29,30). The third-order valence-electron chi connectivity index (χ3n) is 5.35. The summed E-state index contributed by atoms with van der Waals surface area (Å²) in [7, 11) is 1.64. The fourth-order valence-corrected chi connectivity index (χ4v) is 4.66. The number of fused-ring (bicyclic) bond motifs is 1. The van der Waals surface area contributed by atoms with Gasteiger partial charge in [-0.1, -0.05) is 72.4 Å². The van der Waals surface area contributed by atoms with E-state index in [1.807, 2.05) is 28.8 Å². The highest BCUT2D eigenvalue weighted by atomic mass is 32.2. The van der Waals surface area contributed by atoms with E-state index >= 15 is 0 Å². The number of thioether (sulfide) groups is 1. The number of hydrogen-bond donors (Lipinski definition) is 1. The maximum atomic E-state index is 12.6. The van der Waals surface area contributed by atoms with Crippen molar-refractivity contribution in [1.29, 1.82) is 0 Å². The quantitative estimate of drug-likeness (QED) is 0.321. The molecule has 0 spiro atoms. The van der Waals surface area contributed by atoms with E-state index < -0.39 is 5.69 Å². The highest BCUT2D eigenvalue weighted by Crippen LogP contribution is 2.23. The van der Waals surface area contributed by atoms with E-state index in [4.69, 9.17) is 0 Å². The van der Waals surface area contributed by atoms with Crippen LogP contribution in [0.5, 0.6) is 0 Å². The third-order valence-corrected chi connectivity index (χ3v) is 6.41. The number of hydrogen-bond acceptors (Lipinski definition) is 4. The highest BCUT2D eigenvalue weighted by Gasteiger charge is 2.17. The van der Waals surface area contributed by atoms with Gasteiger partial charge in [-0.05, 0) is 36.8 Å². The fourth-order valence-electron chi connectivity index (χ4n) is 3.70. The van der Waals surface area contributed by atoms with Crippen LogP contribution in [-0.4, -0.2) is 24.9 Å². The zero-order valence-electron chi connectivity index (χ0n) is 17.6. The van der Waals surface area contributed by atoms with Crippen LogP contribution in [0, 0.1) is 0 Å². The van der Waals surface area contributed by atoms with Gasteiger partial charge in [-0.15, -0.1) is 0 Å². The molecule has 4 rings (SSSR count). The van der Waals surface area contributed by atoms with Crippen LogP contribution in [0.3, 0.4) is 0 Å². The number of aromatic amines is 1. The molecule has 2 heterocycles. The molecule has 0 atom stereocenters. The second-order valence-electron chi connectivity index (χ2n) is 7.56. The third kappa shape index (κ3) is 4.99. The van der Waals surface area contributed by atoms with Gasteiger partial charge in [-0.3, -0.25) is 14.3 Å². The number of benzene rings is 2. The zero-order valence-corrected chi connectivity index (χ0v) is 18.4. The summed E-state index contributed by atoms with van der Waals surface area (Å²) in [6, 6.07) is 20.7. The largest absolute Gasteiger partial charge is 0.329 e. The summed E-state index contributed by atoms with van der Waals surface area (Å²) in [5.74, 6) is 0.892. The lowest BCUT2D eigenvalue weighted by molar-refractivity contribution is 0.608. The Bertz CT molecular complexity index is 1260. The SMILES string of the molecule is Cn1c(=O)[nH]c(=O)c2c1nc(SCCCc1ccccc1)n2CCCc1ccccc1. The Morgan fingerprint density at radius 1 is 0.903 bits per heavy atom. The molecule has 31 heavy (non-hydrogen) atoms. The minimum absolute atomic E-state index is 0.374. The number of rotatable bonds is 9. The molecule has 0 aliphatic heterocycles. The van der Waals surface area contributed by atoms with Gasteiger partial charge in [0.2, 0.25) is 0 Å². The molecule has 0 saturated heterocycles. The van der Waals surface area contributed by atoms with Gasteiger partial charge in [0.1, 0.15) is 0 Å². The van der Waals surface area contributed by atoms with Crippen LogP contribution in [0.4, 0.5) is 0 Å². The normalized spacial score (nSPS) is 11.3. The molecule has 0 aliphatic carbocycles. The van der Waals surface area contributed by atoms with Gasteiger partial charge in [0.05, 0.1) is 0 Å². The molecule has 1 N–H and O–H groups in total. The van der Waals surface area contributed by atoms with Crippen molar-refractivity contribution in [2.24, 2.45) is 7.05 Å². The van der Waals surface area contributed by atoms with Gasteiger partial charge in [-0.25, -0.2) is 9.78 Å². The van der Waals surface area contributed by atoms with Crippen molar-refractivity contribution < 1.29 is 0 Å². The lowest BCUT2D eigenvalue weighted by Crippen LogP contribution is -2.29. The van der Waals surface area contributed by atoms with Crippen LogP contribution in [0.25, 0.3) is 11.2 Å². The molecule has 0 unspecified atom stereocenters. The van der Waals surface area contributed by atoms with Crippen molar-refractivity contribution in [2.75, 3.05) is 5.75 Å². The molecule has 0 saturated carbocycles. The minimum Gasteiger partial charge on any atom is -0.313 e. The maximum Gasteiger partial charge on any atom is 0.329 e. The van der Waals surface area contributed by atoms with E-state index in [0.29, 0.717) is 17.7 Å². The molecule has 2 aromatic heterocycles. The Morgan fingerprint density at radius 3 is 2.16 bits per heavy atom. The predicted molar refractivity (Wildman–Crippen MR) is 126 cm³/mol. The van der Waals surface area contributed by atoms with E-state index in [1.165, 1.54) is 15.7 Å². The summed E-state index contributed by atoms with van der Waals surface area (Å²) < 4.78 is 3.39. The van der Waals surface area contributed by atoms with E-state index in [0.717, 1.165) is 36.6 Å². The predicted octanol–water partition coefficient (Wildman–Crippen LogP) is 3.78. The lowest BCUT2D eigenvalue weighted by atomic mass is 10.1. The van der Waals surface area contributed by atoms with Gasteiger partial charge in [0.25, 0.3) is 5.56 Å². The van der Waals surface area contributed by atoms with Crippen molar-refractivity contribution in [3.8, 4) is 0 Å². The van der Waals surface area contributed by atoms with Crippen molar-refractivity contribution in [2.45, 2.75) is 37.4 Å². The number of aryl methyl sites for hydroxylation is 4. The highest BCUT2D eigenvalue weighted by molar-refractivity contribution is 7.99. The molecule has 2 aromatic carbocycles. The molecular formula is C24H26N4O2S. The van der Waals surface area contributed by atoms with Crippen molar-refractivity contribution in [3.05, 3.63) is 92.6 Å². The topological polar surface area (TPSA) is 72.7 Å². The second kappa shape index (κ2) is 9.83. The summed E-state index contributed by atoms with van der Waals surface area (Å²) in [6.07, 6.45) is 3.82. The Kier molecular flexibility index (Phi) is 6.72. The lowest BCUT2D eigenvalue weighted by Gasteiger charge is -2.09. The van der Waals surface area contributed by atoms with Gasteiger partial charge in [0, 0.05) is 19.3 Å². The molecule has 0 fully saturated rings. The van der Waals surface area contributed by atoms with E-state index in [9.17, 15) is 9.59 Å². The summed E-state index contributed by atoms with van der Waals surface area (Å²) in [6.45, 7) is 0.674. The zero-order chi connectivity index (χ0) is 21.6. The molecule has 0 radical (unpaired) electrons. The number of H-pyrrole nitrogens is 1. The summed E-state index contributed by atoms with van der Waals surface area (Å²) in [5.41, 5.74) is 2.69. The fraction of sp³-hybridized carbons (Fsp3) is 0.292.